The fourth-order valence-corrected chi connectivity index (χ4v) is 2.70. The first-order valence-electron chi connectivity index (χ1n) is 7.74. The lowest BCUT2D eigenvalue weighted by Crippen LogP contribution is -2.43. The van der Waals surface area contributed by atoms with Crippen LogP contribution in [0.1, 0.15) is 18.5 Å². The number of aryl methyl sites for hydroxylation is 2. The van der Waals surface area contributed by atoms with Gasteiger partial charge in [0, 0.05) is 51.6 Å². The van der Waals surface area contributed by atoms with Crippen molar-refractivity contribution in [2.75, 3.05) is 18.4 Å². The number of aromatic nitrogens is 3. The van der Waals surface area contributed by atoms with E-state index in [0.717, 1.165) is 30.0 Å². The Labute approximate surface area is 135 Å². The molecule has 0 radical (unpaired) electrons. The monoisotopic (exact) mass is 315 g/mol. The predicted octanol–water partition coefficient (Wildman–Crippen LogP) is 2.20. The van der Waals surface area contributed by atoms with Crippen molar-refractivity contribution < 1.29 is 9.53 Å². The van der Waals surface area contributed by atoms with Crippen LogP contribution in [-0.4, -0.2) is 44.9 Å². The summed E-state index contributed by atoms with van der Waals surface area (Å²) in [7, 11) is 1.84. The van der Waals surface area contributed by atoms with Crippen molar-refractivity contribution in [1.82, 2.24) is 19.7 Å². The Balaban J connectivity index is 1.50. The lowest BCUT2D eigenvalue weighted by atomic mass is 10.1. The average Bonchev–Trinajstić information content (AvgIpc) is 2.86. The van der Waals surface area contributed by atoms with Gasteiger partial charge in [-0.3, -0.25) is 9.67 Å². The van der Waals surface area contributed by atoms with E-state index in [4.69, 9.17) is 4.74 Å². The van der Waals surface area contributed by atoms with E-state index in [1.54, 1.807) is 17.1 Å². The minimum Gasteiger partial charge on any atom is -0.490 e. The first-order chi connectivity index (χ1) is 11.1. The summed E-state index contributed by atoms with van der Waals surface area (Å²) in [5, 5.41) is 7.15. The molecule has 2 amide bonds. The molecular weight excluding hydrogens is 294 g/mol. The SMILES string of the molecule is Cc1nn(C)cc1NC(=O)N1CCC(Oc2ccncc2)CC1. The Bertz CT molecular complexity index is 662. The van der Waals surface area contributed by atoms with Gasteiger partial charge in [-0.1, -0.05) is 0 Å². The lowest BCUT2D eigenvalue weighted by Gasteiger charge is -2.32. The van der Waals surface area contributed by atoms with Gasteiger partial charge in [-0.05, 0) is 19.1 Å². The van der Waals surface area contributed by atoms with Gasteiger partial charge in [0.25, 0.3) is 0 Å². The van der Waals surface area contributed by atoms with Crippen molar-refractivity contribution >= 4 is 11.7 Å². The molecule has 2 aromatic heterocycles. The van der Waals surface area contributed by atoms with Gasteiger partial charge in [0.2, 0.25) is 0 Å². The highest BCUT2D eigenvalue weighted by atomic mass is 16.5. The van der Waals surface area contributed by atoms with Crippen LogP contribution >= 0.6 is 0 Å². The van der Waals surface area contributed by atoms with E-state index in [2.05, 4.69) is 15.4 Å². The number of carbonyl (C=O) groups excluding carboxylic acids is 1. The van der Waals surface area contributed by atoms with E-state index < -0.39 is 0 Å². The maximum Gasteiger partial charge on any atom is 0.321 e. The number of hydrogen-bond acceptors (Lipinski definition) is 4. The molecule has 0 unspecified atom stereocenters. The number of urea groups is 1. The van der Waals surface area contributed by atoms with Crippen LogP contribution in [0.25, 0.3) is 0 Å². The fourth-order valence-electron chi connectivity index (χ4n) is 2.70. The number of ether oxygens (including phenoxy) is 1. The minimum atomic E-state index is -0.0801. The molecule has 0 saturated carbocycles. The molecule has 3 rings (SSSR count). The van der Waals surface area contributed by atoms with E-state index in [1.807, 2.05) is 37.2 Å². The van der Waals surface area contributed by atoms with Crippen LogP contribution in [-0.2, 0) is 7.05 Å². The van der Waals surface area contributed by atoms with Gasteiger partial charge in [-0.25, -0.2) is 4.79 Å². The first-order valence-corrected chi connectivity index (χ1v) is 7.74. The van der Waals surface area contributed by atoms with E-state index in [9.17, 15) is 4.79 Å². The quantitative estimate of drug-likeness (QED) is 0.942. The maximum atomic E-state index is 12.3. The number of carbonyl (C=O) groups is 1. The number of piperidine rings is 1. The van der Waals surface area contributed by atoms with E-state index >= 15 is 0 Å². The number of anilines is 1. The number of amides is 2. The number of likely N-dealkylation sites (tertiary alicyclic amines) is 1. The van der Waals surface area contributed by atoms with Crippen molar-refractivity contribution in [2.45, 2.75) is 25.9 Å². The third-order valence-electron chi connectivity index (χ3n) is 3.94. The molecule has 1 aliphatic heterocycles. The van der Waals surface area contributed by atoms with Crippen LogP contribution in [0, 0.1) is 6.92 Å². The largest absolute Gasteiger partial charge is 0.490 e. The molecule has 3 heterocycles. The molecule has 23 heavy (non-hydrogen) atoms. The Morgan fingerprint density at radius 2 is 2.00 bits per heavy atom. The Morgan fingerprint density at radius 1 is 1.30 bits per heavy atom. The van der Waals surface area contributed by atoms with E-state index in [-0.39, 0.29) is 12.1 Å². The van der Waals surface area contributed by atoms with Crippen molar-refractivity contribution in [3.8, 4) is 5.75 Å². The minimum absolute atomic E-state index is 0.0801. The van der Waals surface area contributed by atoms with Gasteiger partial charge in [-0.15, -0.1) is 0 Å². The molecule has 122 valence electrons. The van der Waals surface area contributed by atoms with Crippen LogP contribution < -0.4 is 10.1 Å². The zero-order valence-electron chi connectivity index (χ0n) is 13.4. The summed E-state index contributed by atoms with van der Waals surface area (Å²) in [5.41, 5.74) is 1.57. The zero-order valence-corrected chi connectivity index (χ0v) is 13.4. The van der Waals surface area contributed by atoms with Gasteiger partial charge in [0.1, 0.15) is 11.9 Å². The predicted molar refractivity (Wildman–Crippen MR) is 86.4 cm³/mol. The van der Waals surface area contributed by atoms with Crippen molar-refractivity contribution in [1.29, 1.82) is 0 Å². The van der Waals surface area contributed by atoms with Crippen LogP contribution in [0.4, 0.5) is 10.5 Å². The van der Waals surface area contributed by atoms with Crippen LogP contribution in [0.5, 0.6) is 5.75 Å². The highest BCUT2D eigenvalue weighted by Crippen LogP contribution is 2.19. The van der Waals surface area contributed by atoms with Gasteiger partial charge >= 0.3 is 6.03 Å². The third kappa shape index (κ3) is 3.80. The van der Waals surface area contributed by atoms with Crippen molar-refractivity contribution in [3.05, 3.63) is 36.4 Å². The second-order valence-corrected chi connectivity index (χ2v) is 5.72. The second-order valence-electron chi connectivity index (χ2n) is 5.72. The van der Waals surface area contributed by atoms with Gasteiger partial charge in [0.05, 0.1) is 11.4 Å². The Kier molecular flexibility index (Phi) is 4.45. The van der Waals surface area contributed by atoms with Gasteiger partial charge in [0.15, 0.2) is 0 Å². The second kappa shape index (κ2) is 6.68. The number of pyridine rings is 1. The zero-order chi connectivity index (χ0) is 16.2. The highest BCUT2D eigenvalue weighted by molar-refractivity contribution is 5.89. The molecule has 7 heteroatoms. The van der Waals surface area contributed by atoms with Gasteiger partial charge in [-0.2, -0.15) is 5.10 Å². The molecule has 2 aromatic rings. The smallest absolute Gasteiger partial charge is 0.321 e. The molecule has 0 bridgehead atoms. The average molecular weight is 315 g/mol. The molecular formula is C16H21N5O2. The molecule has 1 aliphatic rings. The molecule has 0 spiro atoms. The molecule has 0 aliphatic carbocycles. The topological polar surface area (TPSA) is 72.3 Å². The standard InChI is InChI=1S/C16H21N5O2/c1-12-15(11-20(2)19-12)18-16(22)21-9-5-14(6-10-21)23-13-3-7-17-8-4-13/h3-4,7-8,11,14H,5-6,9-10H2,1-2H3,(H,18,22). The third-order valence-corrected chi connectivity index (χ3v) is 3.94. The molecule has 1 saturated heterocycles. The Morgan fingerprint density at radius 3 is 2.61 bits per heavy atom. The summed E-state index contributed by atoms with van der Waals surface area (Å²) in [4.78, 5) is 18.1. The summed E-state index contributed by atoms with van der Waals surface area (Å²) < 4.78 is 7.61. The molecule has 7 nitrogen and oxygen atoms in total. The normalized spacial score (nSPS) is 15.5. The summed E-state index contributed by atoms with van der Waals surface area (Å²) >= 11 is 0. The number of nitrogens with zero attached hydrogens (tertiary/aromatic N) is 4. The van der Waals surface area contributed by atoms with Gasteiger partial charge < -0.3 is 15.0 Å². The summed E-state index contributed by atoms with van der Waals surface area (Å²) in [5.74, 6) is 0.828. The van der Waals surface area contributed by atoms with E-state index in [0.29, 0.717) is 13.1 Å². The Hall–Kier alpha value is -2.57. The number of rotatable bonds is 3. The number of nitrogens with one attached hydrogen (secondary N) is 1. The number of hydrogen-bond donors (Lipinski definition) is 1. The molecule has 1 fully saturated rings. The highest BCUT2D eigenvalue weighted by Gasteiger charge is 2.24. The molecule has 0 aromatic carbocycles. The van der Waals surface area contributed by atoms with Crippen LogP contribution in [0.2, 0.25) is 0 Å². The molecule has 0 atom stereocenters. The van der Waals surface area contributed by atoms with Crippen LogP contribution in [0.15, 0.2) is 30.7 Å². The first kappa shape index (κ1) is 15.3. The van der Waals surface area contributed by atoms with Crippen molar-refractivity contribution in [2.24, 2.45) is 7.05 Å². The lowest BCUT2D eigenvalue weighted by molar-refractivity contribution is 0.115. The summed E-state index contributed by atoms with van der Waals surface area (Å²) in [6.45, 7) is 3.24. The van der Waals surface area contributed by atoms with E-state index in [1.165, 1.54) is 0 Å². The van der Waals surface area contributed by atoms with Crippen LogP contribution in [0.3, 0.4) is 0 Å². The fraction of sp³-hybridized carbons (Fsp3) is 0.438. The maximum absolute atomic E-state index is 12.3. The summed E-state index contributed by atoms with van der Waals surface area (Å²) in [6.07, 6.45) is 7.03. The summed E-state index contributed by atoms with van der Waals surface area (Å²) in [6, 6.07) is 3.62. The van der Waals surface area contributed by atoms with Crippen molar-refractivity contribution in [3.63, 3.8) is 0 Å². The molecule has 1 N–H and O–H groups in total.